The smallest absolute Gasteiger partial charge is 0.217 e. The second kappa shape index (κ2) is 10.8. The number of ether oxygens (including phenoxy) is 4. The van der Waals surface area contributed by atoms with Crippen LogP contribution >= 0.6 is 0 Å². The molecule has 0 saturated carbocycles. The van der Waals surface area contributed by atoms with Crippen molar-refractivity contribution in [2.24, 2.45) is 5.41 Å². The number of imidazole rings is 1. The Hall–Kier alpha value is -2.55. The Balaban J connectivity index is 1.22. The minimum Gasteiger partial charge on any atom is -0.379 e. The van der Waals surface area contributed by atoms with Crippen molar-refractivity contribution in [1.29, 1.82) is 0 Å². The third kappa shape index (κ3) is 5.56. The van der Waals surface area contributed by atoms with E-state index in [2.05, 4.69) is 41.1 Å². The second-order valence-electron chi connectivity index (χ2n) is 9.35. The SMILES string of the molecule is C[C@]1(COCCN2CCOCC2)CO[C@@H](c2nc(-c3ccccc3)c(-c3ccccc3)[nH]2)OC1. The molecule has 0 spiro atoms. The summed E-state index contributed by atoms with van der Waals surface area (Å²) >= 11 is 0. The molecule has 0 amide bonds. The molecule has 0 aliphatic carbocycles. The average Bonchev–Trinajstić information content (AvgIpc) is 3.34. The van der Waals surface area contributed by atoms with E-state index in [9.17, 15) is 0 Å². The highest BCUT2D eigenvalue weighted by atomic mass is 16.7. The maximum absolute atomic E-state index is 6.14. The third-order valence-electron chi connectivity index (χ3n) is 6.33. The molecule has 34 heavy (non-hydrogen) atoms. The van der Waals surface area contributed by atoms with Crippen LogP contribution in [0.5, 0.6) is 0 Å². The Labute approximate surface area is 201 Å². The van der Waals surface area contributed by atoms with Crippen LogP contribution in [0.4, 0.5) is 0 Å². The Morgan fingerprint density at radius 2 is 1.62 bits per heavy atom. The van der Waals surface area contributed by atoms with Crippen molar-refractivity contribution in [3.8, 4) is 22.5 Å². The minimum absolute atomic E-state index is 0.182. The van der Waals surface area contributed by atoms with E-state index in [1.807, 2.05) is 36.4 Å². The van der Waals surface area contributed by atoms with Crippen molar-refractivity contribution < 1.29 is 18.9 Å². The van der Waals surface area contributed by atoms with E-state index in [0.29, 0.717) is 32.3 Å². The average molecular weight is 464 g/mol. The number of rotatable bonds is 8. The first-order chi connectivity index (χ1) is 16.7. The summed E-state index contributed by atoms with van der Waals surface area (Å²) in [6, 6.07) is 20.4. The van der Waals surface area contributed by atoms with E-state index in [0.717, 1.165) is 55.4 Å². The lowest BCUT2D eigenvalue weighted by Gasteiger charge is -2.36. The molecule has 2 aliphatic rings. The van der Waals surface area contributed by atoms with Crippen LogP contribution in [0.2, 0.25) is 0 Å². The molecule has 0 atom stereocenters. The van der Waals surface area contributed by atoms with E-state index in [-0.39, 0.29) is 5.41 Å². The summed E-state index contributed by atoms with van der Waals surface area (Å²) < 4.78 is 23.7. The van der Waals surface area contributed by atoms with Gasteiger partial charge in [-0.3, -0.25) is 4.90 Å². The van der Waals surface area contributed by atoms with Gasteiger partial charge >= 0.3 is 0 Å². The van der Waals surface area contributed by atoms with E-state index in [4.69, 9.17) is 23.9 Å². The summed E-state index contributed by atoms with van der Waals surface area (Å²) in [6.45, 7) is 9.07. The molecule has 1 aromatic heterocycles. The van der Waals surface area contributed by atoms with Gasteiger partial charge in [0.2, 0.25) is 6.29 Å². The first-order valence-electron chi connectivity index (χ1n) is 12.0. The van der Waals surface area contributed by atoms with Gasteiger partial charge in [0.25, 0.3) is 0 Å². The fourth-order valence-corrected chi connectivity index (χ4v) is 4.34. The molecule has 0 bridgehead atoms. The van der Waals surface area contributed by atoms with Gasteiger partial charge < -0.3 is 23.9 Å². The number of benzene rings is 2. The predicted octanol–water partition coefficient (Wildman–Crippen LogP) is 4.14. The van der Waals surface area contributed by atoms with Gasteiger partial charge in [-0.15, -0.1) is 0 Å². The fraction of sp³-hybridized carbons (Fsp3) is 0.444. The molecule has 5 rings (SSSR count). The first-order valence-corrected chi connectivity index (χ1v) is 12.0. The fourth-order valence-electron chi connectivity index (χ4n) is 4.34. The number of aromatic nitrogens is 2. The maximum Gasteiger partial charge on any atom is 0.217 e. The molecule has 2 fully saturated rings. The Kier molecular flexibility index (Phi) is 7.37. The molecule has 7 nitrogen and oxygen atoms in total. The van der Waals surface area contributed by atoms with Crippen molar-refractivity contribution in [3.05, 3.63) is 66.5 Å². The van der Waals surface area contributed by atoms with Crippen LogP contribution in [0.15, 0.2) is 60.7 Å². The van der Waals surface area contributed by atoms with Gasteiger partial charge in [0.15, 0.2) is 5.82 Å². The van der Waals surface area contributed by atoms with Gasteiger partial charge in [0, 0.05) is 36.2 Å². The van der Waals surface area contributed by atoms with Crippen LogP contribution in [0.3, 0.4) is 0 Å². The summed E-state index contributed by atoms with van der Waals surface area (Å²) in [5.74, 6) is 0.688. The Morgan fingerprint density at radius 3 is 2.29 bits per heavy atom. The second-order valence-corrected chi connectivity index (χ2v) is 9.35. The van der Waals surface area contributed by atoms with Crippen LogP contribution in [-0.4, -0.2) is 74.1 Å². The summed E-state index contributed by atoms with van der Waals surface area (Å²) in [7, 11) is 0. The van der Waals surface area contributed by atoms with E-state index < -0.39 is 6.29 Å². The topological polar surface area (TPSA) is 68.8 Å². The van der Waals surface area contributed by atoms with Crippen molar-refractivity contribution in [2.45, 2.75) is 13.2 Å². The van der Waals surface area contributed by atoms with Crippen LogP contribution < -0.4 is 0 Å². The van der Waals surface area contributed by atoms with Crippen LogP contribution in [0.25, 0.3) is 22.5 Å². The predicted molar refractivity (Wildman–Crippen MR) is 130 cm³/mol. The van der Waals surface area contributed by atoms with Crippen molar-refractivity contribution in [2.75, 3.05) is 59.3 Å². The molecular formula is C27H33N3O4. The highest BCUT2D eigenvalue weighted by Gasteiger charge is 2.35. The van der Waals surface area contributed by atoms with Crippen LogP contribution in [0.1, 0.15) is 19.0 Å². The molecule has 0 unspecified atom stereocenters. The third-order valence-corrected chi connectivity index (χ3v) is 6.33. The zero-order valence-corrected chi connectivity index (χ0v) is 19.7. The largest absolute Gasteiger partial charge is 0.379 e. The number of aromatic amines is 1. The maximum atomic E-state index is 6.14. The molecule has 2 aromatic carbocycles. The number of H-pyrrole nitrogens is 1. The van der Waals surface area contributed by atoms with Crippen LogP contribution in [-0.2, 0) is 18.9 Å². The summed E-state index contributed by atoms with van der Waals surface area (Å²) in [6.07, 6.45) is -0.527. The molecule has 0 radical (unpaired) electrons. The normalized spacial score (nSPS) is 23.7. The first kappa shape index (κ1) is 23.2. The lowest BCUT2D eigenvalue weighted by atomic mass is 9.93. The quantitative estimate of drug-likeness (QED) is 0.507. The van der Waals surface area contributed by atoms with Gasteiger partial charge in [-0.2, -0.15) is 0 Å². The standard InChI is InChI=1S/C27H33N3O4/c1-27(18-32-17-14-30-12-15-31-16-13-30)19-33-26(34-20-27)25-28-23(21-8-4-2-5-9-21)24(29-25)22-10-6-3-7-11-22/h2-11,26H,12-20H2,1H3,(H,28,29)/t26-,27+. The summed E-state index contributed by atoms with van der Waals surface area (Å²) in [5.41, 5.74) is 3.81. The summed E-state index contributed by atoms with van der Waals surface area (Å²) in [5, 5.41) is 0. The molecular weight excluding hydrogens is 430 g/mol. The number of hydrogen-bond donors (Lipinski definition) is 1. The summed E-state index contributed by atoms with van der Waals surface area (Å²) in [4.78, 5) is 10.8. The van der Waals surface area contributed by atoms with Gasteiger partial charge in [0.1, 0.15) is 0 Å². The zero-order valence-electron chi connectivity index (χ0n) is 19.7. The molecule has 1 N–H and O–H groups in total. The Morgan fingerprint density at radius 1 is 0.971 bits per heavy atom. The van der Waals surface area contributed by atoms with E-state index in [1.54, 1.807) is 0 Å². The van der Waals surface area contributed by atoms with Crippen LogP contribution in [0, 0.1) is 5.41 Å². The zero-order chi connectivity index (χ0) is 23.2. The number of nitrogens with zero attached hydrogens (tertiary/aromatic N) is 2. The van der Waals surface area contributed by atoms with Crippen molar-refractivity contribution in [1.82, 2.24) is 14.9 Å². The van der Waals surface area contributed by atoms with E-state index >= 15 is 0 Å². The number of hydrogen-bond acceptors (Lipinski definition) is 6. The lowest BCUT2D eigenvalue weighted by Crippen LogP contribution is -2.42. The van der Waals surface area contributed by atoms with Gasteiger partial charge in [-0.1, -0.05) is 67.6 Å². The minimum atomic E-state index is -0.527. The monoisotopic (exact) mass is 463 g/mol. The highest BCUT2D eigenvalue weighted by Crippen LogP contribution is 2.35. The van der Waals surface area contributed by atoms with Crippen molar-refractivity contribution in [3.63, 3.8) is 0 Å². The van der Waals surface area contributed by atoms with Gasteiger partial charge in [0.05, 0.1) is 51.0 Å². The van der Waals surface area contributed by atoms with Crippen molar-refractivity contribution >= 4 is 0 Å². The van der Waals surface area contributed by atoms with Gasteiger partial charge in [-0.05, 0) is 0 Å². The molecule has 2 saturated heterocycles. The highest BCUT2D eigenvalue weighted by molar-refractivity contribution is 5.78. The molecule has 180 valence electrons. The number of morpholine rings is 1. The Bertz CT molecular complexity index is 970. The van der Waals surface area contributed by atoms with Gasteiger partial charge in [-0.25, -0.2) is 4.98 Å². The molecule has 3 aromatic rings. The molecule has 7 heteroatoms. The molecule has 2 aliphatic heterocycles. The number of nitrogens with one attached hydrogen (secondary N) is 1. The lowest BCUT2D eigenvalue weighted by molar-refractivity contribution is -0.242. The van der Waals surface area contributed by atoms with E-state index in [1.165, 1.54) is 0 Å². The molecule has 3 heterocycles.